The molecule has 1 atom stereocenters. The Morgan fingerprint density at radius 1 is 1.11 bits per heavy atom. The fraction of sp³-hybridized carbons (Fsp3) is 0.286. The second-order valence-electron chi connectivity index (χ2n) is 6.67. The molecule has 0 fully saturated rings. The fourth-order valence-electron chi connectivity index (χ4n) is 3.08. The molecule has 2 heterocycles. The van der Waals surface area contributed by atoms with Crippen LogP contribution in [0.4, 0.5) is 0 Å². The van der Waals surface area contributed by atoms with Gasteiger partial charge in [0.2, 0.25) is 0 Å². The van der Waals surface area contributed by atoms with E-state index in [1.54, 1.807) is 10.9 Å². The van der Waals surface area contributed by atoms with Gasteiger partial charge >= 0.3 is 0 Å². The molecule has 7 nitrogen and oxygen atoms in total. The number of para-hydroxylation sites is 2. The number of amides is 1. The van der Waals surface area contributed by atoms with Gasteiger partial charge in [-0.2, -0.15) is 0 Å². The molecule has 0 saturated carbocycles. The van der Waals surface area contributed by atoms with Crippen molar-refractivity contribution in [3.8, 4) is 11.5 Å². The standard InChI is InChI=1S/C21H22N4O3/c26-21(22-12-6-9-16-7-2-1-3-8-16)18-14-25(24-23-18)13-17-15-27-19-10-4-5-11-20(19)28-17/h1-5,7-8,10-11,14,17H,6,9,12-13,15H2,(H,22,26)/t17-/m1/s1. The smallest absolute Gasteiger partial charge is 0.273 e. The van der Waals surface area contributed by atoms with E-state index in [0.29, 0.717) is 25.4 Å². The highest BCUT2D eigenvalue weighted by atomic mass is 16.6. The predicted octanol–water partition coefficient (Wildman–Crippen LogP) is 2.48. The number of aromatic nitrogens is 3. The summed E-state index contributed by atoms with van der Waals surface area (Å²) < 4.78 is 13.2. The maximum Gasteiger partial charge on any atom is 0.273 e. The minimum absolute atomic E-state index is 0.182. The van der Waals surface area contributed by atoms with E-state index >= 15 is 0 Å². The molecule has 0 radical (unpaired) electrons. The molecule has 0 saturated heterocycles. The molecule has 1 aliphatic heterocycles. The number of hydrogen-bond acceptors (Lipinski definition) is 5. The van der Waals surface area contributed by atoms with Crippen molar-refractivity contribution < 1.29 is 14.3 Å². The van der Waals surface area contributed by atoms with Gasteiger partial charge < -0.3 is 14.8 Å². The second-order valence-corrected chi connectivity index (χ2v) is 6.67. The molecule has 144 valence electrons. The van der Waals surface area contributed by atoms with Crippen LogP contribution in [0.1, 0.15) is 22.5 Å². The first kappa shape index (κ1) is 18.0. The van der Waals surface area contributed by atoms with E-state index in [0.717, 1.165) is 24.3 Å². The number of aryl methyl sites for hydroxylation is 1. The third-order valence-corrected chi connectivity index (χ3v) is 4.50. The third-order valence-electron chi connectivity index (χ3n) is 4.50. The number of ether oxygens (including phenoxy) is 2. The molecule has 3 aromatic rings. The zero-order valence-corrected chi connectivity index (χ0v) is 15.5. The Bertz CT molecular complexity index is 926. The highest BCUT2D eigenvalue weighted by molar-refractivity contribution is 5.91. The van der Waals surface area contributed by atoms with Crippen molar-refractivity contribution >= 4 is 5.91 Å². The molecule has 28 heavy (non-hydrogen) atoms. The van der Waals surface area contributed by atoms with Crippen molar-refractivity contribution in [2.45, 2.75) is 25.5 Å². The van der Waals surface area contributed by atoms with Gasteiger partial charge in [0.05, 0.1) is 12.7 Å². The lowest BCUT2D eigenvalue weighted by Gasteiger charge is -2.26. The van der Waals surface area contributed by atoms with Crippen molar-refractivity contribution in [2.24, 2.45) is 0 Å². The monoisotopic (exact) mass is 378 g/mol. The van der Waals surface area contributed by atoms with Crippen LogP contribution in [-0.4, -0.2) is 40.2 Å². The van der Waals surface area contributed by atoms with Crippen molar-refractivity contribution in [2.75, 3.05) is 13.2 Å². The second kappa shape index (κ2) is 8.56. The number of carbonyl (C=O) groups is 1. The Labute approximate surface area is 163 Å². The molecule has 2 aromatic carbocycles. The molecule has 4 rings (SSSR count). The van der Waals surface area contributed by atoms with Gasteiger partial charge in [-0.25, -0.2) is 4.68 Å². The SMILES string of the molecule is O=C(NCCCc1ccccc1)c1cn(C[C@@H]2COc3ccccc3O2)nn1. The number of carbonyl (C=O) groups excluding carboxylic acids is 1. The van der Waals surface area contributed by atoms with Crippen LogP contribution in [0.2, 0.25) is 0 Å². The maximum atomic E-state index is 12.2. The van der Waals surface area contributed by atoms with Crippen molar-refractivity contribution in [3.63, 3.8) is 0 Å². The van der Waals surface area contributed by atoms with Gasteiger partial charge in [-0.05, 0) is 30.5 Å². The zero-order chi connectivity index (χ0) is 19.2. The minimum Gasteiger partial charge on any atom is -0.486 e. The van der Waals surface area contributed by atoms with Gasteiger partial charge in [0.1, 0.15) is 6.61 Å². The highest BCUT2D eigenvalue weighted by Crippen LogP contribution is 2.31. The number of nitrogens with zero attached hydrogens (tertiary/aromatic N) is 3. The first-order valence-electron chi connectivity index (χ1n) is 9.39. The molecular weight excluding hydrogens is 356 g/mol. The lowest BCUT2D eigenvalue weighted by molar-refractivity contribution is 0.0754. The summed E-state index contributed by atoms with van der Waals surface area (Å²) in [5, 5.41) is 10.9. The lowest BCUT2D eigenvalue weighted by atomic mass is 10.1. The quantitative estimate of drug-likeness (QED) is 0.639. The van der Waals surface area contributed by atoms with Gasteiger partial charge in [-0.1, -0.05) is 47.7 Å². The molecule has 1 aromatic heterocycles. The molecule has 1 N–H and O–H groups in total. The Kier molecular flexibility index (Phi) is 5.51. The van der Waals surface area contributed by atoms with Gasteiger partial charge in [0, 0.05) is 6.54 Å². The van der Waals surface area contributed by atoms with E-state index in [1.807, 2.05) is 42.5 Å². The molecular formula is C21H22N4O3. The zero-order valence-electron chi connectivity index (χ0n) is 15.5. The molecule has 0 aliphatic carbocycles. The molecule has 7 heteroatoms. The fourth-order valence-corrected chi connectivity index (χ4v) is 3.08. The van der Waals surface area contributed by atoms with Crippen LogP contribution in [0, 0.1) is 0 Å². The number of hydrogen-bond donors (Lipinski definition) is 1. The lowest BCUT2D eigenvalue weighted by Crippen LogP contribution is -2.33. The van der Waals surface area contributed by atoms with E-state index in [2.05, 4.69) is 27.8 Å². The molecule has 0 bridgehead atoms. The number of fused-ring (bicyclic) bond motifs is 1. The van der Waals surface area contributed by atoms with Gasteiger partial charge in [-0.15, -0.1) is 5.10 Å². The van der Waals surface area contributed by atoms with E-state index in [-0.39, 0.29) is 12.0 Å². The Hall–Kier alpha value is -3.35. The maximum absolute atomic E-state index is 12.2. The van der Waals surface area contributed by atoms with E-state index in [1.165, 1.54) is 5.56 Å². The van der Waals surface area contributed by atoms with Crippen LogP contribution in [0.15, 0.2) is 60.8 Å². The molecule has 1 aliphatic rings. The summed E-state index contributed by atoms with van der Waals surface area (Å²) in [7, 11) is 0. The topological polar surface area (TPSA) is 78.3 Å². The minimum atomic E-state index is -0.217. The number of nitrogens with one attached hydrogen (secondary N) is 1. The average molecular weight is 378 g/mol. The summed E-state index contributed by atoms with van der Waals surface area (Å²) in [5.41, 5.74) is 1.57. The van der Waals surface area contributed by atoms with Crippen molar-refractivity contribution in [3.05, 3.63) is 72.1 Å². The summed E-state index contributed by atoms with van der Waals surface area (Å²) >= 11 is 0. The van der Waals surface area contributed by atoms with Crippen LogP contribution in [0.25, 0.3) is 0 Å². The largest absolute Gasteiger partial charge is 0.486 e. The van der Waals surface area contributed by atoms with E-state index in [4.69, 9.17) is 9.47 Å². The average Bonchev–Trinajstić information content (AvgIpc) is 3.20. The van der Waals surface area contributed by atoms with Gasteiger partial charge in [0.25, 0.3) is 5.91 Å². The first-order chi connectivity index (χ1) is 13.8. The highest BCUT2D eigenvalue weighted by Gasteiger charge is 2.22. The van der Waals surface area contributed by atoms with Crippen LogP contribution in [0.5, 0.6) is 11.5 Å². The number of benzene rings is 2. The Morgan fingerprint density at radius 3 is 2.75 bits per heavy atom. The van der Waals surface area contributed by atoms with Crippen LogP contribution < -0.4 is 14.8 Å². The third kappa shape index (κ3) is 4.49. The normalized spacial score (nSPS) is 15.2. The summed E-state index contributed by atoms with van der Waals surface area (Å²) in [6, 6.07) is 17.8. The predicted molar refractivity (Wildman–Crippen MR) is 103 cm³/mol. The van der Waals surface area contributed by atoms with Gasteiger partial charge in [0.15, 0.2) is 23.3 Å². The molecule has 0 spiro atoms. The van der Waals surface area contributed by atoms with Crippen molar-refractivity contribution in [1.82, 2.24) is 20.3 Å². The summed E-state index contributed by atoms with van der Waals surface area (Å²) in [6.07, 6.45) is 3.25. The van der Waals surface area contributed by atoms with Crippen molar-refractivity contribution in [1.29, 1.82) is 0 Å². The van der Waals surface area contributed by atoms with Crippen LogP contribution >= 0.6 is 0 Å². The summed E-state index contributed by atoms with van der Waals surface area (Å²) in [4.78, 5) is 12.2. The number of rotatable bonds is 7. The van der Waals surface area contributed by atoms with E-state index < -0.39 is 0 Å². The first-order valence-corrected chi connectivity index (χ1v) is 9.39. The Balaban J connectivity index is 1.24. The molecule has 1 amide bonds. The summed E-state index contributed by atoms with van der Waals surface area (Å²) in [6.45, 7) is 1.48. The van der Waals surface area contributed by atoms with Crippen LogP contribution in [-0.2, 0) is 13.0 Å². The Morgan fingerprint density at radius 2 is 1.89 bits per heavy atom. The summed E-state index contributed by atoms with van der Waals surface area (Å²) in [5.74, 6) is 1.24. The van der Waals surface area contributed by atoms with Gasteiger partial charge in [-0.3, -0.25) is 4.79 Å². The molecule has 0 unspecified atom stereocenters. The van der Waals surface area contributed by atoms with Crippen LogP contribution in [0.3, 0.4) is 0 Å². The van der Waals surface area contributed by atoms with E-state index in [9.17, 15) is 4.79 Å².